The van der Waals surface area contributed by atoms with Crippen molar-refractivity contribution in [3.05, 3.63) is 0 Å². The number of nitrogens with zero attached hydrogens (tertiary/aromatic N) is 1. The van der Waals surface area contributed by atoms with Crippen molar-refractivity contribution in [2.75, 3.05) is 46.5 Å². The molecular formula is C11H26N2O2. The van der Waals surface area contributed by atoms with Crippen LogP contribution in [-0.2, 0) is 4.74 Å². The minimum Gasteiger partial charge on any atom is -0.395 e. The van der Waals surface area contributed by atoms with E-state index in [2.05, 4.69) is 31.0 Å². The number of nitrogens with one attached hydrogen (secondary N) is 1. The molecule has 0 bridgehead atoms. The van der Waals surface area contributed by atoms with Gasteiger partial charge < -0.3 is 20.1 Å². The molecule has 0 aromatic carbocycles. The molecular weight excluding hydrogens is 192 g/mol. The van der Waals surface area contributed by atoms with Crippen molar-refractivity contribution in [1.29, 1.82) is 0 Å². The van der Waals surface area contributed by atoms with Crippen LogP contribution in [0.15, 0.2) is 0 Å². The number of rotatable bonds is 8. The lowest BCUT2D eigenvalue weighted by Crippen LogP contribution is -2.38. The zero-order valence-corrected chi connectivity index (χ0v) is 10.5. The third-order valence-corrected chi connectivity index (χ3v) is 2.00. The van der Waals surface area contributed by atoms with Crippen molar-refractivity contribution in [2.45, 2.75) is 26.3 Å². The molecule has 0 saturated carbocycles. The van der Waals surface area contributed by atoms with Crippen LogP contribution in [0.3, 0.4) is 0 Å². The van der Waals surface area contributed by atoms with Gasteiger partial charge in [-0.15, -0.1) is 0 Å². The van der Waals surface area contributed by atoms with Gasteiger partial charge >= 0.3 is 0 Å². The van der Waals surface area contributed by atoms with Crippen LogP contribution in [0.5, 0.6) is 0 Å². The average Bonchev–Trinajstić information content (AvgIpc) is 2.09. The molecule has 0 fully saturated rings. The van der Waals surface area contributed by atoms with Gasteiger partial charge in [0.1, 0.15) is 0 Å². The highest BCUT2D eigenvalue weighted by Crippen LogP contribution is 1.96. The van der Waals surface area contributed by atoms with E-state index >= 15 is 0 Å². The lowest BCUT2D eigenvalue weighted by atomic mass is 10.1. The molecule has 15 heavy (non-hydrogen) atoms. The van der Waals surface area contributed by atoms with E-state index in [1.165, 1.54) is 0 Å². The maximum absolute atomic E-state index is 8.67. The van der Waals surface area contributed by atoms with Crippen molar-refractivity contribution in [3.8, 4) is 0 Å². The van der Waals surface area contributed by atoms with Gasteiger partial charge in [0, 0.05) is 25.2 Å². The van der Waals surface area contributed by atoms with Crippen molar-refractivity contribution in [2.24, 2.45) is 0 Å². The fourth-order valence-electron chi connectivity index (χ4n) is 1.10. The van der Waals surface area contributed by atoms with Crippen LogP contribution in [0.4, 0.5) is 0 Å². The first-order chi connectivity index (χ1) is 6.95. The highest BCUT2D eigenvalue weighted by Gasteiger charge is 2.06. The Labute approximate surface area is 93.6 Å². The molecule has 0 unspecified atom stereocenters. The third-order valence-electron chi connectivity index (χ3n) is 2.00. The molecule has 0 atom stereocenters. The van der Waals surface area contributed by atoms with Crippen molar-refractivity contribution < 1.29 is 9.84 Å². The molecule has 0 aliphatic carbocycles. The van der Waals surface area contributed by atoms with Gasteiger partial charge in [-0.2, -0.15) is 0 Å². The first-order valence-electron chi connectivity index (χ1n) is 5.58. The summed E-state index contributed by atoms with van der Waals surface area (Å²) in [4.78, 5) is 2.05. The van der Waals surface area contributed by atoms with Gasteiger partial charge in [0.05, 0.1) is 19.8 Å². The zero-order chi connectivity index (χ0) is 11.7. The lowest BCUT2D eigenvalue weighted by Gasteiger charge is -2.20. The summed E-state index contributed by atoms with van der Waals surface area (Å²) >= 11 is 0. The van der Waals surface area contributed by atoms with Gasteiger partial charge in [0.25, 0.3) is 0 Å². The molecule has 4 heteroatoms. The highest BCUT2D eigenvalue weighted by atomic mass is 16.5. The van der Waals surface area contributed by atoms with E-state index in [0.717, 1.165) is 26.3 Å². The fraction of sp³-hybridized carbons (Fsp3) is 1.00. The quantitative estimate of drug-likeness (QED) is 0.576. The second kappa shape index (κ2) is 8.05. The first-order valence-corrected chi connectivity index (χ1v) is 5.58. The summed E-state index contributed by atoms with van der Waals surface area (Å²) in [5.41, 5.74) is 0.164. The van der Waals surface area contributed by atoms with Gasteiger partial charge in [-0.1, -0.05) is 0 Å². The van der Waals surface area contributed by atoms with Gasteiger partial charge in [0.2, 0.25) is 0 Å². The minimum atomic E-state index is 0.164. The van der Waals surface area contributed by atoms with E-state index in [1.54, 1.807) is 0 Å². The van der Waals surface area contributed by atoms with Crippen LogP contribution in [0.25, 0.3) is 0 Å². The first kappa shape index (κ1) is 14.8. The zero-order valence-electron chi connectivity index (χ0n) is 10.5. The van der Waals surface area contributed by atoms with Crippen molar-refractivity contribution in [1.82, 2.24) is 10.2 Å². The van der Waals surface area contributed by atoms with Crippen molar-refractivity contribution >= 4 is 0 Å². The monoisotopic (exact) mass is 218 g/mol. The van der Waals surface area contributed by atoms with Gasteiger partial charge in [-0.25, -0.2) is 0 Å². The van der Waals surface area contributed by atoms with E-state index in [-0.39, 0.29) is 12.1 Å². The summed E-state index contributed by atoms with van der Waals surface area (Å²) in [6.07, 6.45) is 0. The average molecular weight is 218 g/mol. The molecule has 4 nitrogen and oxygen atoms in total. The highest BCUT2D eigenvalue weighted by molar-refractivity contribution is 4.69. The Morgan fingerprint density at radius 3 is 2.40 bits per heavy atom. The van der Waals surface area contributed by atoms with E-state index in [0.29, 0.717) is 6.54 Å². The molecule has 0 amide bonds. The van der Waals surface area contributed by atoms with Crippen molar-refractivity contribution in [3.63, 3.8) is 0 Å². The summed E-state index contributed by atoms with van der Waals surface area (Å²) in [5, 5.41) is 12.0. The second-order valence-electron chi connectivity index (χ2n) is 4.82. The largest absolute Gasteiger partial charge is 0.395 e. The number of aliphatic hydroxyl groups is 1. The third kappa shape index (κ3) is 11.8. The van der Waals surface area contributed by atoms with Gasteiger partial charge in [-0.3, -0.25) is 0 Å². The Kier molecular flexibility index (Phi) is 7.96. The molecule has 92 valence electrons. The Hall–Kier alpha value is -0.160. The van der Waals surface area contributed by atoms with Crippen LogP contribution in [-0.4, -0.2) is 62.0 Å². The normalized spacial score (nSPS) is 12.4. The van der Waals surface area contributed by atoms with Crippen LogP contribution < -0.4 is 5.32 Å². The Morgan fingerprint density at radius 1 is 1.20 bits per heavy atom. The maximum atomic E-state index is 8.67. The molecule has 0 heterocycles. The number of aliphatic hydroxyl groups excluding tert-OH is 1. The molecule has 0 aromatic heterocycles. The van der Waals surface area contributed by atoms with Crippen LogP contribution in [0, 0.1) is 0 Å². The fourth-order valence-corrected chi connectivity index (χ4v) is 1.10. The molecule has 0 saturated heterocycles. The number of hydrogen-bond acceptors (Lipinski definition) is 4. The summed E-state index contributed by atoms with van der Waals surface area (Å²) in [7, 11) is 1.98. The number of hydrogen-bond donors (Lipinski definition) is 2. The number of ether oxygens (including phenoxy) is 1. The summed E-state index contributed by atoms with van der Waals surface area (Å²) in [5.74, 6) is 0. The van der Waals surface area contributed by atoms with Crippen LogP contribution in [0.2, 0.25) is 0 Å². The summed E-state index contributed by atoms with van der Waals surface area (Å²) in [6.45, 7) is 10.6. The topological polar surface area (TPSA) is 44.7 Å². The lowest BCUT2D eigenvalue weighted by molar-refractivity contribution is 0.103. The molecule has 0 aliphatic rings. The summed E-state index contributed by atoms with van der Waals surface area (Å²) < 4.78 is 5.46. The van der Waals surface area contributed by atoms with E-state index < -0.39 is 0 Å². The predicted molar refractivity (Wildman–Crippen MR) is 63.2 cm³/mol. The molecule has 0 aliphatic heterocycles. The SMILES string of the molecule is CN(CCO)CCOCCNC(C)(C)C. The molecule has 2 N–H and O–H groups in total. The smallest absolute Gasteiger partial charge is 0.0593 e. The van der Waals surface area contributed by atoms with Crippen LogP contribution in [0.1, 0.15) is 20.8 Å². The Morgan fingerprint density at radius 2 is 1.87 bits per heavy atom. The summed E-state index contributed by atoms with van der Waals surface area (Å²) in [6, 6.07) is 0. The molecule has 0 rings (SSSR count). The Bertz CT molecular complexity index is 146. The van der Waals surface area contributed by atoms with Gasteiger partial charge in [-0.05, 0) is 27.8 Å². The maximum Gasteiger partial charge on any atom is 0.0593 e. The standard InChI is InChI=1S/C11H26N2O2/c1-11(2,3)12-5-9-15-10-7-13(4)6-8-14/h12,14H,5-10H2,1-4H3. The van der Waals surface area contributed by atoms with E-state index in [4.69, 9.17) is 9.84 Å². The minimum absolute atomic E-state index is 0.164. The number of likely N-dealkylation sites (N-methyl/N-ethyl adjacent to an activating group) is 1. The van der Waals surface area contributed by atoms with Gasteiger partial charge in [0.15, 0.2) is 0 Å². The predicted octanol–water partition coefficient (Wildman–Crippen LogP) is 0.315. The van der Waals surface area contributed by atoms with E-state index in [1.807, 2.05) is 7.05 Å². The second-order valence-corrected chi connectivity index (χ2v) is 4.82. The molecule has 0 radical (unpaired) electrons. The van der Waals surface area contributed by atoms with Crippen LogP contribution >= 0.6 is 0 Å². The Balaban J connectivity index is 3.18. The van der Waals surface area contributed by atoms with E-state index in [9.17, 15) is 0 Å². The molecule has 0 spiro atoms. The molecule has 0 aromatic rings.